The molecule has 1 saturated carbocycles. The predicted octanol–water partition coefficient (Wildman–Crippen LogP) is 2.38. The molecule has 0 unspecified atom stereocenters. The van der Waals surface area contributed by atoms with E-state index in [9.17, 15) is 4.79 Å². The Balaban J connectivity index is 2.61. The summed E-state index contributed by atoms with van der Waals surface area (Å²) in [6.45, 7) is 5.40. The largest absolute Gasteiger partial charge is 0.350 e. The number of hydrogen-bond donors (Lipinski definition) is 1. The van der Waals surface area contributed by atoms with Crippen LogP contribution in [0.3, 0.4) is 0 Å². The predicted molar refractivity (Wildman–Crippen MR) is 59.0 cm³/mol. The Kier molecular flexibility index (Phi) is 3.38. The quantitative estimate of drug-likeness (QED) is 0.757. The molecule has 0 bridgehead atoms. The average Bonchev–Trinajstić information content (AvgIpc) is 2.18. The Hall–Kier alpha value is -1.04. The Morgan fingerprint density at radius 2 is 1.87 bits per heavy atom. The van der Waals surface area contributed by atoms with Crippen molar-refractivity contribution in [1.82, 2.24) is 5.32 Å². The molecule has 1 amide bonds. The summed E-state index contributed by atoms with van der Waals surface area (Å²) in [5.74, 6) is -0.144. The lowest BCUT2D eigenvalue weighted by Crippen LogP contribution is -2.51. The van der Waals surface area contributed by atoms with E-state index in [-0.39, 0.29) is 11.4 Å². The normalized spacial score (nSPS) is 20.4. The van der Waals surface area contributed by atoms with Gasteiger partial charge in [-0.15, -0.1) is 0 Å². The van der Waals surface area contributed by atoms with E-state index >= 15 is 0 Å². The fourth-order valence-corrected chi connectivity index (χ4v) is 1.94. The molecule has 0 heterocycles. The monoisotopic (exact) mass is 208 g/mol. The Morgan fingerprint density at radius 3 is 2.33 bits per heavy atom. The molecular formula is C12H20N2O. The molecule has 0 aliphatic heterocycles. The number of hydrogen-bond acceptors (Lipinski definition) is 2. The van der Waals surface area contributed by atoms with Gasteiger partial charge in [-0.3, -0.25) is 4.79 Å². The van der Waals surface area contributed by atoms with Crippen LogP contribution in [0.1, 0.15) is 52.9 Å². The van der Waals surface area contributed by atoms with E-state index < -0.39 is 5.41 Å². The molecule has 0 atom stereocenters. The van der Waals surface area contributed by atoms with E-state index in [1.54, 1.807) is 13.8 Å². The smallest absolute Gasteiger partial charge is 0.240 e. The summed E-state index contributed by atoms with van der Waals surface area (Å²) in [5, 5.41) is 11.9. The van der Waals surface area contributed by atoms with Crippen molar-refractivity contribution in [3.05, 3.63) is 0 Å². The molecule has 0 radical (unpaired) electrons. The van der Waals surface area contributed by atoms with E-state index in [0.717, 1.165) is 12.8 Å². The summed E-state index contributed by atoms with van der Waals surface area (Å²) in [6, 6.07) is 2.04. The van der Waals surface area contributed by atoms with Crippen LogP contribution in [0.4, 0.5) is 0 Å². The number of rotatable bonds is 2. The van der Waals surface area contributed by atoms with Gasteiger partial charge in [0.25, 0.3) is 0 Å². The highest BCUT2D eigenvalue weighted by atomic mass is 16.2. The maximum Gasteiger partial charge on any atom is 0.240 e. The van der Waals surface area contributed by atoms with Crippen LogP contribution in [-0.2, 0) is 4.79 Å². The minimum atomic E-state index is -0.916. The lowest BCUT2D eigenvalue weighted by atomic mass is 9.82. The molecule has 0 aromatic rings. The second kappa shape index (κ2) is 4.22. The highest BCUT2D eigenvalue weighted by Gasteiger charge is 2.34. The minimum Gasteiger partial charge on any atom is -0.350 e. The number of nitriles is 1. The molecule has 1 N–H and O–H groups in total. The van der Waals surface area contributed by atoms with Crippen LogP contribution < -0.4 is 5.32 Å². The van der Waals surface area contributed by atoms with Gasteiger partial charge in [0, 0.05) is 5.54 Å². The van der Waals surface area contributed by atoms with E-state index in [1.807, 2.05) is 6.07 Å². The highest BCUT2D eigenvalue weighted by molar-refractivity contribution is 5.85. The van der Waals surface area contributed by atoms with E-state index in [1.165, 1.54) is 19.3 Å². The van der Waals surface area contributed by atoms with Gasteiger partial charge in [0.05, 0.1) is 6.07 Å². The second-order valence-electron chi connectivity index (χ2n) is 5.31. The molecule has 3 nitrogen and oxygen atoms in total. The number of nitrogens with one attached hydrogen (secondary N) is 1. The van der Waals surface area contributed by atoms with Crippen LogP contribution in [0.25, 0.3) is 0 Å². The number of nitrogens with zero attached hydrogens (tertiary/aromatic N) is 1. The van der Waals surface area contributed by atoms with Crippen molar-refractivity contribution < 1.29 is 4.79 Å². The molecular weight excluding hydrogens is 188 g/mol. The molecule has 15 heavy (non-hydrogen) atoms. The first-order chi connectivity index (χ1) is 6.90. The molecule has 1 rings (SSSR count). The molecule has 1 aliphatic rings. The van der Waals surface area contributed by atoms with Gasteiger partial charge in [0.2, 0.25) is 5.91 Å². The third kappa shape index (κ3) is 2.95. The van der Waals surface area contributed by atoms with Crippen molar-refractivity contribution in [2.75, 3.05) is 0 Å². The summed E-state index contributed by atoms with van der Waals surface area (Å²) in [4.78, 5) is 11.8. The van der Waals surface area contributed by atoms with Crippen LogP contribution >= 0.6 is 0 Å². The van der Waals surface area contributed by atoms with Crippen molar-refractivity contribution in [3.8, 4) is 6.07 Å². The topological polar surface area (TPSA) is 52.9 Å². The van der Waals surface area contributed by atoms with Gasteiger partial charge >= 0.3 is 0 Å². The first kappa shape index (κ1) is 12.0. The molecule has 1 aliphatic carbocycles. The molecule has 0 spiro atoms. The zero-order valence-electron chi connectivity index (χ0n) is 9.89. The van der Waals surface area contributed by atoms with Crippen LogP contribution in [-0.4, -0.2) is 11.4 Å². The first-order valence-corrected chi connectivity index (χ1v) is 5.63. The number of carbonyl (C=O) groups excluding carboxylic acids is 1. The van der Waals surface area contributed by atoms with Gasteiger partial charge in [-0.05, 0) is 33.6 Å². The van der Waals surface area contributed by atoms with Crippen molar-refractivity contribution in [2.45, 2.75) is 58.4 Å². The fourth-order valence-electron chi connectivity index (χ4n) is 1.94. The van der Waals surface area contributed by atoms with Crippen LogP contribution in [0.15, 0.2) is 0 Å². The second-order valence-corrected chi connectivity index (χ2v) is 5.31. The summed E-state index contributed by atoms with van der Waals surface area (Å²) in [5.41, 5.74) is -1.01. The minimum absolute atomic E-state index is 0.0938. The van der Waals surface area contributed by atoms with E-state index in [2.05, 4.69) is 12.2 Å². The molecule has 0 aromatic heterocycles. The lowest BCUT2D eigenvalue weighted by molar-refractivity contribution is -0.129. The SMILES string of the molecule is CC1(NC(=O)C(C)(C)C#N)CCCCC1. The summed E-state index contributed by atoms with van der Waals surface area (Å²) < 4.78 is 0. The standard InChI is InChI=1S/C12H20N2O/c1-11(2,9-13)10(15)14-12(3)7-5-4-6-8-12/h4-8H2,1-3H3,(H,14,15). The average molecular weight is 208 g/mol. The van der Waals surface area contributed by atoms with Gasteiger partial charge in [-0.25, -0.2) is 0 Å². The molecule has 1 fully saturated rings. The highest BCUT2D eigenvalue weighted by Crippen LogP contribution is 2.28. The van der Waals surface area contributed by atoms with Gasteiger partial charge in [0.1, 0.15) is 5.41 Å². The van der Waals surface area contributed by atoms with Gasteiger partial charge < -0.3 is 5.32 Å². The maximum atomic E-state index is 11.8. The van der Waals surface area contributed by atoms with E-state index in [4.69, 9.17) is 5.26 Å². The number of carbonyl (C=O) groups is 1. The van der Waals surface area contributed by atoms with Crippen molar-refractivity contribution in [3.63, 3.8) is 0 Å². The van der Waals surface area contributed by atoms with Gasteiger partial charge in [0.15, 0.2) is 0 Å². The molecule has 84 valence electrons. The van der Waals surface area contributed by atoms with Crippen molar-refractivity contribution in [2.24, 2.45) is 5.41 Å². The van der Waals surface area contributed by atoms with Crippen molar-refractivity contribution in [1.29, 1.82) is 5.26 Å². The fraction of sp³-hybridized carbons (Fsp3) is 0.833. The Labute approximate surface area is 91.9 Å². The Bertz CT molecular complexity index is 282. The van der Waals surface area contributed by atoms with Crippen molar-refractivity contribution >= 4 is 5.91 Å². The lowest BCUT2D eigenvalue weighted by Gasteiger charge is -2.36. The molecule has 0 aromatic carbocycles. The molecule has 0 saturated heterocycles. The zero-order valence-corrected chi connectivity index (χ0v) is 9.89. The van der Waals surface area contributed by atoms with Gasteiger partial charge in [-0.1, -0.05) is 19.3 Å². The zero-order chi connectivity index (χ0) is 11.5. The first-order valence-electron chi connectivity index (χ1n) is 5.63. The third-order valence-corrected chi connectivity index (χ3v) is 3.22. The maximum absolute atomic E-state index is 11.8. The Morgan fingerprint density at radius 1 is 1.33 bits per heavy atom. The van der Waals surface area contributed by atoms with Gasteiger partial charge in [-0.2, -0.15) is 5.26 Å². The summed E-state index contributed by atoms with van der Waals surface area (Å²) in [6.07, 6.45) is 5.65. The van der Waals surface area contributed by atoms with E-state index in [0.29, 0.717) is 0 Å². The van der Waals surface area contributed by atoms with Crippen LogP contribution in [0.2, 0.25) is 0 Å². The summed E-state index contributed by atoms with van der Waals surface area (Å²) >= 11 is 0. The third-order valence-electron chi connectivity index (χ3n) is 3.22. The number of amides is 1. The van der Waals surface area contributed by atoms with Crippen LogP contribution in [0, 0.1) is 16.7 Å². The molecule has 3 heteroatoms. The van der Waals surface area contributed by atoms with Crippen LogP contribution in [0.5, 0.6) is 0 Å². The summed E-state index contributed by atoms with van der Waals surface area (Å²) in [7, 11) is 0.